The van der Waals surface area contributed by atoms with Crippen LogP contribution in [-0.2, 0) is 6.54 Å². The molecule has 0 aromatic carbocycles. The minimum Gasteiger partial charge on any atom is -0.350 e. The molecule has 100 valence electrons. The first kappa shape index (κ1) is 13.1. The predicted molar refractivity (Wildman–Crippen MR) is 70.4 cm³/mol. The molecule has 0 spiro atoms. The fourth-order valence-corrected chi connectivity index (χ4v) is 2.26. The summed E-state index contributed by atoms with van der Waals surface area (Å²) in [6, 6.07) is 0.158. The van der Waals surface area contributed by atoms with E-state index in [0.29, 0.717) is 11.5 Å². The zero-order valence-corrected chi connectivity index (χ0v) is 11.1. The summed E-state index contributed by atoms with van der Waals surface area (Å²) in [6.45, 7) is 7.00. The van der Waals surface area contributed by atoms with E-state index in [1.54, 1.807) is 6.20 Å². The normalized spacial score (nSPS) is 17.1. The van der Waals surface area contributed by atoms with E-state index in [-0.39, 0.29) is 11.9 Å². The predicted octanol–water partition coefficient (Wildman–Crippen LogP) is 1.02. The third-order valence-electron chi connectivity index (χ3n) is 3.22. The smallest absolute Gasteiger partial charge is 0.254 e. The van der Waals surface area contributed by atoms with Gasteiger partial charge in [0, 0.05) is 18.8 Å². The molecule has 2 heterocycles. The highest BCUT2D eigenvalue weighted by Crippen LogP contribution is 2.14. The van der Waals surface area contributed by atoms with Crippen molar-refractivity contribution in [2.45, 2.75) is 39.3 Å². The van der Waals surface area contributed by atoms with Gasteiger partial charge in [-0.05, 0) is 45.7 Å². The summed E-state index contributed by atoms with van der Waals surface area (Å²) in [7, 11) is 0. The lowest BCUT2D eigenvalue weighted by atomic mass is 9.98. The molecule has 1 fully saturated rings. The molecule has 0 aliphatic carbocycles. The Kier molecular flexibility index (Phi) is 4.36. The van der Waals surface area contributed by atoms with Crippen LogP contribution in [0.5, 0.6) is 0 Å². The Bertz CT molecular complexity index is 393. The molecule has 18 heavy (non-hydrogen) atoms. The molecule has 0 bridgehead atoms. The Hall–Kier alpha value is -1.36. The van der Waals surface area contributed by atoms with Crippen molar-refractivity contribution in [2.75, 3.05) is 13.1 Å². The van der Waals surface area contributed by atoms with Crippen molar-refractivity contribution in [1.29, 1.82) is 0 Å². The zero-order chi connectivity index (χ0) is 13.0. The first-order chi connectivity index (χ1) is 8.65. The van der Waals surface area contributed by atoms with Gasteiger partial charge in [0.1, 0.15) is 0 Å². The van der Waals surface area contributed by atoms with Gasteiger partial charge >= 0.3 is 0 Å². The number of nitrogens with one attached hydrogen (secondary N) is 2. The first-order valence-corrected chi connectivity index (χ1v) is 6.69. The maximum atomic E-state index is 11.8. The fraction of sp³-hybridized carbons (Fsp3) is 0.692. The molecule has 1 amide bonds. The monoisotopic (exact) mass is 250 g/mol. The Balaban J connectivity index is 1.90. The lowest BCUT2D eigenvalue weighted by Crippen LogP contribution is -2.30. The molecule has 5 nitrogen and oxygen atoms in total. The van der Waals surface area contributed by atoms with E-state index in [4.69, 9.17) is 0 Å². The van der Waals surface area contributed by atoms with Gasteiger partial charge in [-0.3, -0.25) is 9.48 Å². The van der Waals surface area contributed by atoms with Gasteiger partial charge in [0.15, 0.2) is 0 Å². The summed E-state index contributed by atoms with van der Waals surface area (Å²) in [5.41, 5.74) is 0.651. The van der Waals surface area contributed by atoms with Crippen molar-refractivity contribution in [3.05, 3.63) is 18.0 Å². The lowest BCUT2D eigenvalue weighted by Gasteiger charge is -2.22. The number of nitrogens with zero attached hydrogens (tertiary/aromatic N) is 2. The molecule has 1 aliphatic heterocycles. The van der Waals surface area contributed by atoms with Gasteiger partial charge in [0.2, 0.25) is 0 Å². The van der Waals surface area contributed by atoms with Crippen LogP contribution in [0.15, 0.2) is 12.4 Å². The molecule has 1 aromatic rings. The maximum absolute atomic E-state index is 11.8. The first-order valence-electron chi connectivity index (χ1n) is 6.69. The maximum Gasteiger partial charge on any atom is 0.254 e. The van der Waals surface area contributed by atoms with Crippen LogP contribution in [0.2, 0.25) is 0 Å². The number of amides is 1. The van der Waals surface area contributed by atoms with E-state index in [0.717, 1.165) is 19.6 Å². The van der Waals surface area contributed by atoms with Gasteiger partial charge < -0.3 is 10.6 Å². The van der Waals surface area contributed by atoms with Gasteiger partial charge in [0.05, 0.1) is 11.8 Å². The summed E-state index contributed by atoms with van der Waals surface area (Å²) in [5, 5.41) is 10.5. The molecule has 0 radical (unpaired) electrons. The van der Waals surface area contributed by atoms with Crippen molar-refractivity contribution >= 4 is 5.91 Å². The number of carbonyl (C=O) groups is 1. The zero-order valence-electron chi connectivity index (χ0n) is 11.1. The molecule has 1 saturated heterocycles. The SMILES string of the molecule is CC(C)NC(=O)c1cnn(CC2CCNCC2)c1. The molecule has 5 heteroatoms. The highest BCUT2D eigenvalue weighted by atomic mass is 16.1. The Morgan fingerprint density at radius 2 is 2.28 bits per heavy atom. The van der Waals surface area contributed by atoms with E-state index in [2.05, 4.69) is 15.7 Å². The number of hydrogen-bond acceptors (Lipinski definition) is 3. The van der Waals surface area contributed by atoms with E-state index < -0.39 is 0 Å². The largest absolute Gasteiger partial charge is 0.350 e. The summed E-state index contributed by atoms with van der Waals surface area (Å²) in [5.74, 6) is 0.633. The Morgan fingerprint density at radius 3 is 2.94 bits per heavy atom. The van der Waals surface area contributed by atoms with E-state index in [1.807, 2.05) is 24.7 Å². The van der Waals surface area contributed by atoms with Gasteiger partial charge in [-0.2, -0.15) is 5.10 Å². The van der Waals surface area contributed by atoms with Gasteiger partial charge in [-0.1, -0.05) is 0 Å². The summed E-state index contributed by atoms with van der Waals surface area (Å²) >= 11 is 0. The van der Waals surface area contributed by atoms with Gasteiger partial charge in [0.25, 0.3) is 5.91 Å². The van der Waals surface area contributed by atoms with Crippen molar-refractivity contribution in [3.63, 3.8) is 0 Å². The second-order valence-corrected chi connectivity index (χ2v) is 5.27. The Morgan fingerprint density at radius 1 is 1.56 bits per heavy atom. The molecular weight excluding hydrogens is 228 g/mol. The molecule has 0 unspecified atom stereocenters. The molecule has 1 aromatic heterocycles. The molecule has 2 rings (SSSR count). The molecule has 1 aliphatic rings. The van der Waals surface area contributed by atoms with E-state index in [1.165, 1.54) is 12.8 Å². The summed E-state index contributed by atoms with van der Waals surface area (Å²) < 4.78 is 1.89. The molecule has 0 atom stereocenters. The van der Waals surface area contributed by atoms with Crippen LogP contribution < -0.4 is 10.6 Å². The van der Waals surface area contributed by atoms with Crippen molar-refractivity contribution < 1.29 is 4.79 Å². The van der Waals surface area contributed by atoms with Crippen LogP contribution in [0.4, 0.5) is 0 Å². The minimum absolute atomic E-state index is 0.0402. The quantitative estimate of drug-likeness (QED) is 0.839. The van der Waals surface area contributed by atoms with E-state index in [9.17, 15) is 4.79 Å². The van der Waals surface area contributed by atoms with Crippen LogP contribution in [0.1, 0.15) is 37.0 Å². The average Bonchev–Trinajstić information content (AvgIpc) is 2.78. The number of rotatable bonds is 4. The standard InChI is InChI=1S/C13H22N4O/c1-10(2)16-13(18)12-7-15-17(9-12)8-11-3-5-14-6-4-11/h7,9-11,14H,3-6,8H2,1-2H3,(H,16,18). The second-order valence-electron chi connectivity index (χ2n) is 5.27. The lowest BCUT2D eigenvalue weighted by molar-refractivity contribution is 0.0943. The Labute approximate surface area is 108 Å². The van der Waals surface area contributed by atoms with Crippen LogP contribution >= 0.6 is 0 Å². The second kappa shape index (κ2) is 6.00. The van der Waals surface area contributed by atoms with Crippen LogP contribution in [0, 0.1) is 5.92 Å². The average molecular weight is 250 g/mol. The highest BCUT2D eigenvalue weighted by Gasteiger charge is 2.15. The van der Waals surface area contributed by atoms with Crippen molar-refractivity contribution in [2.24, 2.45) is 5.92 Å². The third kappa shape index (κ3) is 3.57. The number of hydrogen-bond donors (Lipinski definition) is 2. The molecule has 2 N–H and O–H groups in total. The highest BCUT2D eigenvalue weighted by molar-refractivity contribution is 5.93. The fourth-order valence-electron chi connectivity index (χ4n) is 2.26. The molecular formula is C13H22N4O. The number of carbonyl (C=O) groups excluding carboxylic acids is 1. The van der Waals surface area contributed by atoms with Crippen LogP contribution in [0.25, 0.3) is 0 Å². The van der Waals surface area contributed by atoms with Crippen LogP contribution in [0.3, 0.4) is 0 Å². The van der Waals surface area contributed by atoms with Crippen LogP contribution in [-0.4, -0.2) is 34.8 Å². The molecule has 0 saturated carbocycles. The van der Waals surface area contributed by atoms with Crippen molar-refractivity contribution in [1.82, 2.24) is 20.4 Å². The minimum atomic E-state index is -0.0402. The van der Waals surface area contributed by atoms with E-state index >= 15 is 0 Å². The summed E-state index contributed by atoms with van der Waals surface area (Å²) in [6.07, 6.45) is 5.87. The third-order valence-corrected chi connectivity index (χ3v) is 3.22. The topological polar surface area (TPSA) is 59.0 Å². The number of piperidine rings is 1. The summed E-state index contributed by atoms with van der Waals surface area (Å²) in [4.78, 5) is 11.8. The van der Waals surface area contributed by atoms with Crippen molar-refractivity contribution in [3.8, 4) is 0 Å². The van der Waals surface area contributed by atoms with Gasteiger partial charge in [-0.25, -0.2) is 0 Å². The van der Waals surface area contributed by atoms with Gasteiger partial charge in [-0.15, -0.1) is 0 Å². The number of aromatic nitrogens is 2.